The summed E-state index contributed by atoms with van der Waals surface area (Å²) in [5.74, 6) is 0.148. The summed E-state index contributed by atoms with van der Waals surface area (Å²) in [5, 5.41) is 3.46. The molecule has 3 nitrogen and oxygen atoms in total. The van der Waals surface area contributed by atoms with Gasteiger partial charge in [-0.05, 0) is 43.4 Å². The minimum absolute atomic E-state index is 0.148. The number of rotatable bonds is 6. The molecule has 5 heteroatoms. The Kier molecular flexibility index (Phi) is 5.02. The normalized spacial score (nSPS) is 18.1. The van der Waals surface area contributed by atoms with E-state index in [0.717, 1.165) is 12.2 Å². The molecule has 1 fully saturated rings. The molecular formula is C15H23NO2S2. The van der Waals surface area contributed by atoms with Gasteiger partial charge in [0.1, 0.15) is 0 Å². The van der Waals surface area contributed by atoms with E-state index in [2.05, 4.69) is 11.6 Å². The third kappa shape index (κ3) is 3.50. The van der Waals surface area contributed by atoms with Crippen LogP contribution < -0.4 is 5.32 Å². The van der Waals surface area contributed by atoms with Gasteiger partial charge in [-0.25, -0.2) is 8.42 Å². The van der Waals surface area contributed by atoms with Crippen LogP contribution in [-0.4, -0.2) is 31.7 Å². The first-order chi connectivity index (χ1) is 9.51. The molecule has 0 amide bonds. The highest BCUT2D eigenvalue weighted by Crippen LogP contribution is 2.40. The number of sulfone groups is 1. The molecule has 0 heterocycles. The molecule has 20 heavy (non-hydrogen) atoms. The van der Waals surface area contributed by atoms with Crippen LogP contribution in [0.25, 0.3) is 0 Å². The molecule has 0 radical (unpaired) electrons. The van der Waals surface area contributed by atoms with E-state index in [1.54, 1.807) is 19.1 Å². The molecule has 0 aromatic heterocycles. The van der Waals surface area contributed by atoms with Crippen molar-refractivity contribution in [3.63, 3.8) is 0 Å². The van der Waals surface area contributed by atoms with E-state index >= 15 is 0 Å². The molecule has 0 bridgehead atoms. The maximum atomic E-state index is 11.8. The lowest BCUT2D eigenvalue weighted by Crippen LogP contribution is -2.29. The first-order valence-electron chi connectivity index (χ1n) is 7.13. The predicted octanol–water partition coefficient (Wildman–Crippen LogP) is 3.57. The molecule has 2 rings (SSSR count). The smallest absolute Gasteiger partial charge is 0.178 e. The van der Waals surface area contributed by atoms with Crippen LogP contribution in [-0.2, 0) is 9.84 Å². The summed E-state index contributed by atoms with van der Waals surface area (Å²) in [7, 11) is -3.09. The molecule has 1 N–H and O–H groups in total. The number of anilines is 1. The van der Waals surface area contributed by atoms with Gasteiger partial charge in [-0.2, -0.15) is 11.8 Å². The Morgan fingerprint density at radius 2 is 1.80 bits per heavy atom. The van der Waals surface area contributed by atoms with Gasteiger partial charge in [0.2, 0.25) is 0 Å². The minimum Gasteiger partial charge on any atom is -0.384 e. The Morgan fingerprint density at radius 3 is 2.30 bits per heavy atom. The van der Waals surface area contributed by atoms with Crippen molar-refractivity contribution in [1.82, 2.24) is 0 Å². The van der Waals surface area contributed by atoms with E-state index < -0.39 is 9.84 Å². The van der Waals surface area contributed by atoms with Crippen LogP contribution in [0.3, 0.4) is 0 Å². The van der Waals surface area contributed by atoms with E-state index in [1.807, 2.05) is 23.9 Å². The molecule has 1 saturated carbocycles. The van der Waals surface area contributed by atoms with Crippen molar-refractivity contribution in [2.45, 2.75) is 42.2 Å². The quantitative estimate of drug-likeness (QED) is 0.872. The zero-order chi connectivity index (χ0) is 14.6. The number of thioether (sulfide) groups is 1. The lowest BCUT2D eigenvalue weighted by atomic mass is 10.1. The Balaban J connectivity index is 2.01. The molecule has 0 atom stereocenters. The molecule has 0 saturated heterocycles. The zero-order valence-corrected chi connectivity index (χ0v) is 13.8. The third-order valence-electron chi connectivity index (χ3n) is 4.16. The summed E-state index contributed by atoms with van der Waals surface area (Å²) in [4.78, 5) is 0.408. The maximum Gasteiger partial charge on any atom is 0.178 e. The van der Waals surface area contributed by atoms with Gasteiger partial charge in [0, 0.05) is 17.0 Å². The average molecular weight is 313 g/mol. The van der Waals surface area contributed by atoms with E-state index in [-0.39, 0.29) is 5.75 Å². The Hall–Kier alpha value is -0.680. The highest BCUT2D eigenvalue weighted by Gasteiger charge is 2.32. The predicted molar refractivity (Wildman–Crippen MR) is 87.4 cm³/mol. The fourth-order valence-corrected chi connectivity index (χ4v) is 4.48. The fourth-order valence-electron chi connectivity index (χ4n) is 2.68. The van der Waals surface area contributed by atoms with Crippen LogP contribution >= 0.6 is 11.8 Å². The van der Waals surface area contributed by atoms with Crippen LogP contribution in [0.4, 0.5) is 5.69 Å². The van der Waals surface area contributed by atoms with Gasteiger partial charge in [0.25, 0.3) is 0 Å². The molecule has 0 aliphatic heterocycles. The summed E-state index contributed by atoms with van der Waals surface area (Å²) < 4.78 is 23.9. The van der Waals surface area contributed by atoms with Crippen LogP contribution in [0.15, 0.2) is 29.2 Å². The summed E-state index contributed by atoms with van der Waals surface area (Å²) >= 11 is 1.95. The minimum atomic E-state index is -3.09. The fraction of sp³-hybridized carbons (Fsp3) is 0.600. The van der Waals surface area contributed by atoms with Gasteiger partial charge in [-0.3, -0.25) is 0 Å². The lowest BCUT2D eigenvalue weighted by molar-refractivity contribution is 0.597. The molecule has 0 unspecified atom stereocenters. The molecule has 112 valence electrons. The van der Waals surface area contributed by atoms with Gasteiger partial charge < -0.3 is 5.32 Å². The van der Waals surface area contributed by atoms with Gasteiger partial charge >= 0.3 is 0 Å². The third-order valence-corrected chi connectivity index (χ3v) is 7.33. The maximum absolute atomic E-state index is 11.8. The molecule has 1 aromatic rings. The van der Waals surface area contributed by atoms with Gasteiger partial charge in [-0.1, -0.05) is 19.8 Å². The van der Waals surface area contributed by atoms with Crippen molar-refractivity contribution < 1.29 is 8.42 Å². The zero-order valence-electron chi connectivity index (χ0n) is 12.2. The molecule has 1 aliphatic carbocycles. The van der Waals surface area contributed by atoms with E-state index in [0.29, 0.717) is 9.64 Å². The van der Waals surface area contributed by atoms with Gasteiger partial charge in [0.15, 0.2) is 9.84 Å². The Morgan fingerprint density at radius 1 is 1.20 bits per heavy atom. The number of nitrogens with one attached hydrogen (secondary N) is 1. The van der Waals surface area contributed by atoms with Crippen molar-refractivity contribution in [1.29, 1.82) is 0 Å². The summed E-state index contributed by atoms with van der Waals surface area (Å²) in [6, 6.07) is 7.13. The SMILES string of the molecule is CCS(=O)(=O)c1ccc(NCC2(SC)CCCC2)cc1. The van der Waals surface area contributed by atoms with E-state index in [9.17, 15) is 8.42 Å². The van der Waals surface area contributed by atoms with Crippen molar-refractivity contribution in [3.05, 3.63) is 24.3 Å². The van der Waals surface area contributed by atoms with E-state index in [1.165, 1.54) is 25.7 Å². The second kappa shape index (κ2) is 6.39. The second-order valence-electron chi connectivity index (χ2n) is 5.38. The topological polar surface area (TPSA) is 46.2 Å². The van der Waals surface area contributed by atoms with Crippen molar-refractivity contribution in [2.75, 3.05) is 23.9 Å². The first kappa shape index (κ1) is 15.7. The monoisotopic (exact) mass is 313 g/mol. The van der Waals surface area contributed by atoms with Crippen molar-refractivity contribution in [3.8, 4) is 0 Å². The molecule has 1 aromatic carbocycles. The lowest BCUT2D eigenvalue weighted by Gasteiger charge is -2.27. The van der Waals surface area contributed by atoms with Crippen LogP contribution in [0.5, 0.6) is 0 Å². The van der Waals surface area contributed by atoms with Crippen LogP contribution in [0.2, 0.25) is 0 Å². The highest BCUT2D eigenvalue weighted by molar-refractivity contribution is 8.00. The van der Waals surface area contributed by atoms with Gasteiger partial charge in [-0.15, -0.1) is 0 Å². The summed E-state index contributed by atoms with van der Waals surface area (Å²) in [5.41, 5.74) is 1.00. The van der Waals surface area contributed by atoms with E-state index in [4.69, 9.17) is 0 Å². The molecule has 0 spiro atoms. The van der Waals surface area contributed by atoms with Crippen LogP contribution in [0, 0.1) is 0 Å². The molecular weight excluding hydrogens is 290 g/mol. The summed E-state index contributed by atoms with van der Waals surface area (Å²) in [6.07, 6.45) is 7.35. The summed E-state index contributed by atoms with van der Waals surface area (Å²) in [6.45, 7) is 2.62. The number of benzene rings is 1. The standard InChI is InChI=1S/C15H23NO2S2/c1-3-20(17,18)14-8-6-13(7-9-14)16-12-15(19-2)10-4-5-11-15/h6-9,16H,3-5,10-12H2,1-2H3. The highest BCUT2D eigenvalue weighted by atomic mass is 32.2. The van der Waals surface area contributed by atoms with Crippen molar-refractivity contribution >= 4 is 27.3 Å². The number of hydrogen-bond donors (Lipinski definition) is 1. The van der Waals surface area contributed by atoms with Crippen molar-refractivity contribution in [2.24, 2.45) is 0 Å². The average Bonchev–Trinajstić information content (AvgIpc) is 2.95. The Bertz CT molecular complexity index is 531. The Labute approximate surface area is 126 Å². The first-order valence-corrected chi connectivity index (χ1v) is 10.0. The largest absolute Gasteiger partial charge is 0.384 e. The molecule has 1 aliphatic rings. The number of hydrogen-bond acceptors (Lipinski definition) is 4. The van der Waals surface area contributed by atoms with Gasteiger partial charge in [0.05, 0.1) is 10.6 Å². The van der Waals surface area contributed by atoms with Crippen LogP contribution in [0.1, 0.15) is 32.6 Å². The second-order valence-corrected chi connectivity index (χ2v) is 8.93.